The van der Waals surface area contributed by atoms with Crippen LogP contribution in [-0.4, -0.2) is 31.7 Å². The van der Waals surface area contributed by atoms with Gasteiger partial charge < -0.3 is 18.9 Å². The molecule has 3 atom stereocenters. The summed E-state index contributed by atoms with van der Waals surface area (Å²) in [4.78, 5) is 0. The lowest BCUT2D eigenvalue weighted by Crippen LogP contribution is -2.45. The van der Waals surface area contributed by atoms with Crippen LogP contribution in [0.3, 0.4) is 0 Å². The van der Waals surface area contributed by atoms with Crippen molar-refractivity contribution in [2.45, 2.75) is 31.7 Å². The molecule has 4 rings (SSSR count). The minimum absolute atomic E-state index is 0.145. The van der Waals surface area contributed by atoms with Crippen molar-refractivity contribution in [3.05, 3.63) is 83.4 Å². The Morgan fingerprint density at radius 1 is 0.800 bits per heavy atom. The summed E-state index contributed by atoms with van der Waals surface area (Å²) < 4.78 is 23.8. The van der Waals surface area contributed by atoms with Gasteiger partial charge in [0, 0.05) is 5.57 Å². The van der Waals surface area contributed by atoms with E-state index in [0.29, 0.717) is 26.4 Å². The van der Waals surface area contributed by atoms with Gasteiger partial charge >= 0.3 is 0 Å². The van der Waals surface area contributed by atoms with Gasteiger partial charge in [0.15, 0.2) is 6.29 Å². The van der Waals surface area contributed by atoms with Crippen LogP contribution in [0.4, 0.5) is 0 Å². The van der Waals surface area contributed by atoms with E-state index < -0.39 is 0 Å². The van der Waals surface area contributed by atoms with Crippen LogP contribution >= 0.6 is 0 Å². The first-order valence-electron chi connectivity index (χ1n) is 8.64. The number of rotatable bonds is 6. The standard InChI is InChI=1S/C21H22O4/c1-3-7-16(8-4-1)13-23-19-15-25-21-18(11-12-22-21)20(19)24-14-17-9-5-2-6-10-17/h1-11,19-21H,12-15H2/t19-,20+,21-/m1/s1. The van der Waals surface area contributed by atoms with E-state index in [0.717, 1.165) is 16.7 Å². The Kier molecular flexibility index (Phi) is 5.23. The van der Waals surface area contributed by atoms with E-state index in [1.165, 1.54) is 0 Å². The van der Waals surface area contributed by atoms with Gasteiger partial charge in [0.25, 0.3) is 0 Å². The van der Waals surface area contributed by atoms with Crippen LogP contribution in [0.15, 0.2) is 72.3 Å². The van der Waals surface area contributed by atoms with Crippen molar-refractivity contribution in [3.63, 3.8) is 0 Å². The van der Waals surface area contributed by atoms with Crippen LogP contribution in [0.25, 0.3) is 0 Å². The molecule has 25 heavy (non-hydrogen) atoms. The fourth-order valence-corrected chi connectivity index (χ4v) is 3.18. The zero-order valence-corrected chi connectivity index (χ0v) is 14.0. The molecule has 0 radical (unpaired) electrons. The molecule has 2 aromatic rings. The molecule has 2 aliphatic rings. The average Bonchev–Trinajstić information content (AvgIpc) is 3.15. The Morgan fingerprint density at radius 3 is 2.12 bits per heavy atom. The molecule has 0 N–H and O–H groups in total. The molecule has 1 fully saturated rings. The van der Waals surface area contributed by atoms with E-state index in [4.69, 9.17) is 18.9 Å². The second-order valence-corrected chi connectivity index (χ2v) is 6.25. The lowest BCUT2D eigenvalue weighted by atomic mass is 10.0. The zero-order chi connectivity index (χ0) is 16.9. The molecule has 0 unspecified atom stereocenters. The van der Waals surface area contributed by atoms with Crippen molar-refractivity contribution >= 4 is 0 Å². The Morgan fingerprint density at radius 2 is 1.44 bits per heavy atom. The van der Waals surface area contributed by atoms with Crippen molar-refractivity contribution in [1.82, 2.24) is 0 Å². The summed E-state index contributed by atoms with van der Waals surface area (Å²) in [5.74, 6) is 0. The molecule has 2 aliphatic heterocycles. The molecule has 0 spiro atoms. The summed E-state index contributed by atoms with van der Waals surface area (Å²) in [6.45, 7) is 2.12. The van der Waals surface area contributed by atoms with E-state index in [9.17, 15) is 0 Å². The first-order valence-corrected chi connectivity index (χ1v) is 8.64. The lowest BCUT2D eigenvalue weighted by molar-refractivity contribution is -0.192. The average molecular weight is 338 g/mol. The Balaban J connectivity index is 1.44. The predicted molar refractivity (Wildman–Crippen MR) is 93.8 cm³/mol. The van der Waals surface area contributed by atoms with Crippen LogP contribution in [0.5, 0.6) is 0 Å². The lowest BCUT2D eigenvalue weighted by Gasteiger charge is -2.35. The Bertz CT molecular complexity index is 698. The fraction of sp³-hybridized carbons (Fsp3) is 0.333. The van der Waals surface area contributed by atoms with Crippen molar-refractivity contribution in [1.29, 1.82) is 0 Å². The molecule has 2 heterocycles. The first kappa shape index (κ1) is 16.5. The van der Waals surface area contributed by atoms with E-state index in [1.54, 1.807) is 0 Å². The minimum atomic E-state index is -0.294. The van der Waals surface area contributed by atoms with Gasteiger partial charge in [-0.1, -0.05) is 66.7 Å². The number of hydrogen-bond acceptors (Lipinski definition) is 4. The third kappa shape index (κ3) is 3.99. The summed E-state index contributed by atoms with van der Waals surface area (Å²) in [5.41, 5.74) is 3.33. The van der Waals surface area contributed by atoms with Crippen molar-refractivity contribution < 1.29 is 18.9 Å². The monoisotopic (exact) mass is 338 g/mol. The Hall–Kier alpha value is -1.98. The van der Waals surface area contributed by atoms with Gasteiger partial charge in [0.1, 0.15) is 12.2 Å². The SMILES string of the molecule is C1=C2[C@H](OC1)OC[C@@H](OCc1ccccc1)[C@H]2OCc1ccccc1. The summed E-state index contributed by atoms with van der Waals surface area (Å²) in [6, 6.07) is 20.3. The topological polar surface area (TPSA) is 36.9 Å². The van der Waals surface area contributed by atoms with Gasteiger partial charge in [0.2, 0.25) is 0 Å². The summed E-state index contributed by atoms with van der Waals surface area (Å²) in [6.07, 6.45) is 1.47. The molecule has 1 saturated heterocycles. The molecule has 2 aromatic carbocycles. The molecule has 4 heteroatoms. The molecule has 0 saturated carbocycles. The van der Waals surface area contributed by atoms with Gasteiger partial charge in [-0.2, -0.15) is 0 Å². The maximum absolute atomic E-state index is 6.23. The van der Waals surface area contributed by atoms with E-state index in [1.807, 2.05) is 36.4 Å². The summed E-state index contributed by atoms with van der Waals surface area (Å²) in [5, 5.41) is 0. The van der Waals surface area contributed by atoms with Crippen LogP contribution < -0.4 is 0 Å². The van der Waals surface area contributed by atoms with Crippen LogP contribution in [-0.2, 0) is 32.2 Å². The summed E-state index contributed by atoms with van der Waals surface area (Å²) in [7, 11) is 0. The quantitative estimate of drug-likeness (QED) is 0.756. The number of fused-ring (bicyclic) bond motifs is 1. The molecular weight excluding hydrogens is 316 g/mol. The molecule has 0 aliphatic carbocycles. The summed E-state index contributed by atoms with van der Waals surface area (Å²) >= 11 is 0. The van der Waals surface area contributed by atoms with Crippen molar-refractivity contribution in [3.8, 4) is 0 Å². The normalized spacial score (nSPS) is 25.4. The van der Waals surface area contributed by atoms with Gasteiger partial charge in [-0.15, -0.1) is 0 Å². The number of benzene rings is 2. The third-order valence-corrected chi connectivity index (χ3v) is 4.50. The van der Waals surface area contributed by atoms with Crippen molar-refractivity contribution in [2.24, 2.45) is 0 Å². The highest BCUT2D eigenvalue weighted by Crippen LogP contribution is 2.31. The van der Waals surface area contributed by atoms with E-state index >= 15 is 0 Å². The van der Waals surface area contributed by atoms with Gasteiger partial charge in [-0.05, 0) is 11.1 Å². The Labute approximate surface area is 148 Å². The second-order valence-electron chi connectivity index (χ2n) is 6.25. The molecule has 0 amide bonds. The predicted octanol–water partition coefficient (Wildman–Crippen LogP) is 3.47. The van der Waals surface area contributed by atoms with Crippen LogP contribution in [0.1, 0.15) is 11.1 Å². The number of hydrogen-bond donors (Lipinski definition) is 0. The largest absolute Gasteiger partial charge is 0.368 e. The van der Waals surface area contributed by atoms with Gasteiger partial charge in [0.05, 0.1) is 26.4 Å². The smallest absolute Gasteiger partial charge is 0.182 e. The van der Waals surface area contributed by atoms with Crippen LogP contribution in [0, 0.1) is 0 Å². The van der Waals surface area contributed by atoms with Gasteiger partial charge in [-0.3, -0.25) is 0 Å². The van der Waals surface area contributed by atoms with Gasteiger partial charge in [-0.25, -0.2) is 0 Å². The molecule has 0 aromatic heterocycles. The fourth-order valence-electron chi connectivity index (χ4n) is 3.18. The molecule has 4 nitrogen and oxygen atoms in total. The highest BCUT2D eigenvalue weighted by Gasteiger charge is 2.39. The molecule has 0 bridgehead atoms. The molecule has 130 valence electrons. The highest BCUT2D eigenvalue weighted by molar-refractivity contribution is 5.21. The number of ether oxygens (including phenoxy) is 4. The van der Waals surface area contributed by atoms with E-state index in [-0.39, 0.29) is 18.5 Å². The zero-order valence-electron chi connectivity index (χ0n) is 14.0. The molecular formula is C21H22O4. The second kappa shape index (κ2) is 7.93. The maximum Gasteiger partial charge on any atom is 0.182 e. The first-order chi connectivity index (χ1) is 12.4. The van der Waals surface area contributed by atoms with E-state index in [2.05, 4.69) is 30.3 Å². The minimum Gasteiger partial charge on any atom is -0.368 e. The maximum atomic E-state index is 6.23. The van der Waals surface area contributed by atoms with Crippen molar-refractivity contribution in [2.75, 3.05) is 13.2 Å². The highest BCUT2D eigenvalue weighted by atomic mass is 16.7. The third-order valence-electron chi connectivity index (χ3n) is 4.50. The van der Waals surface area contributed by atoms with Crippen LogP contribution in [0.2, 0.25) is 0 Å².